The number of benzene rings is 1. The third kappa shape index (κ3) is 2.53. The molecular weight excluding hydrogens is 264 g/mol. The highest BCUT2D eigenvalue weighted by Gasteiger charge is 2.42. The molecule has 112 valence electrons. The minimum absolute atomic E-state index is 0.0251. The van der Waals surface area contributed by atoms with E-state index in [9.17, 15) is 4.79 Å². The molecule has 4 nitrogen and oxygen atoms in total. The molecule has 21 heavy (non-hydrogen) atoms. The lowest BCUT2D eigenvalue weighted by Crippen LogP contribution is -2.44. The Hall–Kier alpha value is -1.55. The second-order valence-electron chi connectivity index (χ2n) is 6.43. The van der Waals surface area contributed by atoms with Gasteiger partial charge >= 0.3 is 0 Å². The number of ether oxygens (including phenoxy) is 1. The molecule has 4 rings (SSSR count). The van der Waals surface area contributed by atoms with Crippen molar-refractivity contribution in [3.8, 4) is 0 Å². The van der Waals surface area contributed by atoms with Gasteiger partial charge in [0.25, 0.3) is 0 Å². The maximum absolute atomic E-state index is 12.7. The average Bonchev–Trinajstić information content (AvgIpc) is 3.26. The normalized spacial score (nSPS) is 31.3. The molecule has 1 amide bonds. The van der Waals surface area contributed by atoms with Crippen molar-refractivity contribution in [1.29, 1.82) is 0 Å². The number of carbonyl (C=O) groups excluding carboxylic acids is 1. The van der Waals surface area contributed by atoms with Gasteiger partial charge in [0.1, 0.15) is 0 Å². The van der Waals surface area contributed by atoms with Crippen LogP contribution in [-0.4, -0.2) is 31.2 Å². The highest BCUT2D eigenvalue weighted by atomic mass is 16.5. The molecular formula is C17H22N2O2. The zero-order valence-corrected chi connectivity index (χ0v) is 12.2. The summed E-state index contributed by atoms with van der Waals surface area (Å²) in [6.45, 7) is 1.65. The zero-order chi connectivity index (χ0) is 14.2. The lowest BCUT2D eigenvalue weighted by molar-refractivity contribution is -0.123. The molecule has 3 aliphatic rings. The Morgan fingerprint density at radius 1 is 1.19 bits per heavy atom. The van der Waals surface area contributed by atoms with Crippen LogP contribution in [0.3, 0.4) is 0 Å². The summed E-state index contributed by atoms with van der Waals surface area (Å²) in [4.78, 5) is 12.7. The second-order valence-corrected chi connectivity index (χ2v) is 6.43. The molecule has 3 atom stereocenters. The van der Waals surface area contributed by atoms with Gasteiger partial charge in [-0.1, -0.05) is 18.2 Å². The number of fused-ring (bicyclic) bond motifs is 1. The van der Waals surface area contributed by atoms with E-state index in [1.807, 2.05) is 12.1 Å². The standard InChI is InChI=1S/C17H22N2O2/c20-17(19-15-8-10-21-16(15)11-5-6-11)13-7-9-18-14-4-2-1-3-12(13)14/h1-4,11,13,15-16,18H,5-10H2,(H,19,20). The molecule has 1 aliphatic carbocycles. The van der Waals surface area contributed by atoms with Crippen LogP contribution in [-0.2, 0) is 9.53 Å². The van der Waals surface area contributed by atoms with Crippen molar-refractivity contribution in [2.24, 2.45) is 5.92 Å². The maximum atomic E-state index is 12.7. The molecule has 0 radical (unpaired) electrons. The first-order valence-corrected chi connectivity index (χ1v) is 8.08. The van der Waals surface area contributed by atoms with E-state index in [4.69, 9.17) is 4.74 Å². The Morgan fingerprint density at radius 2 is 2.05 bits per heavy atom. The molecule has 0 bridgehead atoms. The lowest BCUT2D eigenvalue weighted by atomic mass is 9.89. The quantitative estimate of drug-likeness (QED) is 0.896. The summed E-state index contributed by atoms with van der Waals surface area (Å²) in [6, 6.07) is 8.36. The monoisotopic (exact) mass is 286 g/mol. The van der Waals surface area contributed by atoms with Gasteiger partial charge in [-0.3, -0.25) is 4.79 Å². The van der Waals surface area contributed by atoms with Crippen molar-refractivity contribution in [3.05, 3.63) is 29.8 Å². The number of para-hydroxylation sites is 1. The van der Waals surface area contributed by atoms with Gasteiger partial charge in [-0.15, -0.1) is 0 Å². The first kappa shape index (κ1) is 13.1. The van der Waals surface area contributed by atoms with Crippen molar-refractivity contribution < 1.29 is 9.53 Å². The first-order valence-electron chi connectivity index (χ1n) is 8.08. The van der Waals surface area contributed by atoms with Gasteiger partial charge in [-0.05, 0) is 43.2 Å². The second kappa shape index (κ2) is 5.34. The Bertz CT molecular complexity index is 541. The highest BCUT2D eigenvalue weighted by Crippen LogP contribution is 2.39. The predicted octanol–water partition coefficient (Wildman–Crippen LogP) is 2.27. The minimum atomic E-state index is -0.0251. The van der Waals surface area contributed by atoms with Crippen LogP contribution in [0.1, 0.15) is 37.2 Å². The van der Waals surface area contributed by atoms with E-state index < -0.39 is 0 Å². The summed E-state index contributed by atoms with van der Waals surface area (Å²) in [5.41, 5.74) is 2.23. The SMILES string of the molecule is O=C(NC1CCOC1C1CC1)C1CCNc2ccccc21. The topological polar surface area (TPSA) is 50.4 Å². The van der Waals surface area contributed by atoms with Gasteiger partial charge in [-0.2, -0.15) is 0 Å². The fraction of sp³-hybridized carbons (Fsp3) is 0.588. The summed E-state index contributed by atoms with van der Waals surface area (Å²) in [5.74, 6) is 0.825. The Kier molecular flexibility index (Phi) is 3.34. The van der Waals surface area contributed by atoms with Crippen LogP contribution in [0.4, 0.5) is 5.69 Å². The molecule has 1 saturated carbocycles. The summed E-state index contributed by atoms with van der Waals surface area (Å²) in [5, 5.41) is 6.64. The van der Waals surface area contributed by atoms with Crippen molar-refractivity contribution in [3.63, 3.8) is 0 Å². The van der Waals surface area contributed by atoms with Crippen molar-refractivity contribution in [1.82, 2.24) is 5.32 Å². The van der Waals surface area contributed by atoms with E-state index in [-0.39, 0.29) is 24.0 Å². The number of carbonyl (C=O) groups is 1. The van der Waals surface area contributed by atoms with E-state index in [1.54, 1.807) is 0 Å². The van der Waals surface area contributed by atoms with Crippen LogP contribution in [0.5, 0.6) is 0 Å². The van der Waals surface area contributed by atoms with Gasteiger partial charge in [0, 0.05) is 18.8 Å². The number of anilines is 1. The van der Waals surface area contributed by atoms with Crippen molar-refractivity contribution in [2.45, 2.75) is 43.7 Å². The number of hydrogen-bond donors (Lipinski definition) is 2. The first-order chi connectivity index (χ1) is 10.3. The van der Waals surface area contributed by atoms with Crippen LogP contribution in [0.25, 0.3) is 0 Å². The minimum Gasteiger partial charge on any atom is -0.385 e. The molecule has 0 aromatic heterocycles. The van der Waals surface area contributed by atoms with Crippen LogP contribution < -0.4 is 10.6 Å². The molecule has 2 N–H and O–H groups in total. The number of amides is 1. The summed E-state index contributed by atoms with van der Waals surface area (Å²) < 4.78 is 5.82. The molecule has 4 heteroatoms. The van der Waals surface area contributed by atoms with Gasteiger partial charge in [0.2, 0.25) is 5.91 Å². The Labute approximate surface area is 125 Å². The molecule has 2 fully saturated rings. The van der Waals surface area contributed by atoms with Crippen LogP contribution in [0.2, 0.25) is 0 Å². The third-order valence-corrected chi connectivity index (χ3v) is 4.95. The van der Waals surface area contributed by atoms with E-state index >= 15 is 0 Å². The fourth-order valence-corrected chi connectivity index (χ4v) is 3.68. The van der Waals surface area contributed by atoms with Crippen LogP contribution >= 0.6 is 0 Å². The van der Waals surface area contributed by atoms with E-state index in [0.29, 0.717) is 5.92 Å². The molecule has 1 saturated heterocycles. The van der Waals surface area contributed by atoms with Crippen molar-refractivity contribution >= 4 is 11.6 Å². The molecule has 3 unspecified atom stereocenters. The Balaban J connectivity index is 1.48. The Morgan fingerprint density at radius 3 is 2.90 bits per heavy atom. The fourth-order valence-electron chi connectivity index (χ4n) is 3.68. The van der Waals surface area contributed by atoms with Crippen molar-refractivity contribution in [2.75, 3.05) is 18.5 Å². The highest BCUT2D eigenvalue weighted by molar-refractivity contribution is 5.86. The van der Waals surface area contributed by atoms with Gasteiger partial charge in [0.15, 0.2) is 0 Å². The van der Waals surface area contributed by atoms with Crippen LogP contribution in [0, 0.1) is 5.92 Å². The summed E-state index contributed by atoms with van der Waals surface area (Å²) >= 11 is 0. The van der Waals surface area contributed by atoms with E-state index in [1.165, 1.54) is 12.8 Å². The van der Waals surface area contributed by atoms with Gasteiger partial charge in [-0.25, -0.2) is 0 Å². The predicted molar refractivity (Wildman–Crippen MR) is 81.3 cm³/mol. The van der Waals surface area contributed by atoms with Gasteiger partial charge < -0.3 is 15.4 Å². The molecule has 2 aliphatic heterocycles. The molecule has 1 aromatic carbocycles. The van der Waals surface area contributed by atoms with Gasteiger partial charge in [0.05, 0.1) is 18.1 Å². The number of hydrogen-bond acceptors (Lipinski definition) is 3. The summed E-state index contributed by atoms with van der Waals surface area (Å²) in [6.07, 6.45) is 4.59. The number of rotatable bonds is 3. The summed E-state index contributed by atoms with van der Waals surface area (Å²) in [7, 11) is 0. The number of nitrogens with one attached hydrogen (secondary N) is 2. The lowest BCUT2D eigenvalue weighted by Gasteiger charge is -2.28. The molecule has 1 aromatic rings. The molecule has 0 spiro atoms. The maximum Gasteiger partial charge on any atom is 0.227 e. The molecule has 2 heterocycles. The average molecular weight is 286 g/mol. The van der Waals surface area contributed by atoms with E-state index in [0.717, 1.165) is 37.2 Å². The largest absolute Gasteiger partial charge is 0.385 e. The van der Waals surface area contributed by atoms with E-state index in [2.05, 4.69) is 22.8 Å². The smallest absolute Gasteiger partial charge is 0.227 e. The van der Waals surface area contributed by atoms with Crippen LogP contribution in [0.15, 0.2) is 24.3 Å². The third-order valence-electron chi connectivity index (χ3n) is 4.95. The zero-order valence-electron chi connectivity index (χ0n) is 12.2.